The van der Waals surface area contributed by atoms with Gasteiger partial charge in [-0.1, -0.05) is 41.7 Å². The molecule has 2 aromatic rings. The van der Waals surface area contributed by atoms with Gasteiger partial charge in [-0.2, -0.15) is 0 Å². The van der Waals surface area contributed by atoms with Gasteiger partial charge in [0.05, 0.1) is 6.04 Å². The number of aryl methyl sites for hydroxylation is 1. The fourth-order valence-corrected chi connectivity index (χ4v) is 4.06. The lowest BCUT2D eigenvalue weighted by molar-refractivity contribution is -0.122. The summed E-state index contributed by atoms with van der Waals surface area (Å²) in [4.78, 5) is 26.7. The topological polar surface area (TPSA) is 54.3 Å². The van der Waals surface area contributed by atoms with Gasteiger partial charge >= 0.3 is 4.87 Å². The maximum Gasteiger partial charge on any atom is 0.307 e. The Balaban J connectivity index is 1.62. The molecule has 1 aliphatic heterocycles. The molecule has 25 heavy (non-hydrogen) atoms. The zero-order valence-electron chi connectivity index (χ0n) is 14.6. The van der Waals surface area contributed by atoms with Crippen LogP contribution in [0.4, 0.5) is 0 Å². The number of rotatable bonds is 7. The molecule has 0 aliphatic carbocycles. The fraction of sp³-hybridized carbons (Fsp3) is 0.474. The Bertz CT molecular complexity index is 748. The average molecular weight is 359 g/mol. The minimum absolute atomic E-state index is 0.00183. The highest BCUT2D eigenvalue weighted by Gasteiger charge is 2.20. The number of thiazole rings is 1. The average Bonchev–Trinajstić information content (AvgIpc) is 3.24. The molecule has 3 rings (SSSR count). The van der Waals surface area contributed by atoms with Gasteiger partial charge in [-0.25, -0.2) is 0 Å². The fourth-order valence-electron chi connectivity index (χ4n) is 3.30. The van der Waals surface area contributed by atoms with Crippen LogP contribution in [0, 0.1) is 6.92 Å². The van der Waals surface area contributed by atoms with E-state index in [1.165, 1.54) is 24.2 Å². The predicted octanol–water partition coefficient (Wildman–Crippen LogP) is 2.56. The Morgan fingerprint density at radius 1 is 1.24 bits per heavy atom. The summed E-state index contributed by atoms with van der Waals surface area (Å²) in [5.74, 6) is -0.00875. The molecule has 5 nitrogen and oxygen atoms in total. The van der Waals surface area contributed by atoms with Crippen LogP contribution < -0.4 is 10.2 Å². The van der Waals surface area contributed by atoms with Crippen molar-refractivity contribution in [2.75, 3.05) is 19.6 Å². The molecule has 1 fully saturated rings. The second kappa shape index (κ2) is 8.45. The van der Waals surface area contributed by atoms with E-state index < -0.39 is 0 Å². The van der Waals surface area contributed by atoms with Crippen molar-refractivity contribution in [2.45, 2.75) is 38.8 Å². The Morgan fingerprint density at radius 3 is 2.60 bits per heavy atom. The molecule has 1 N–H and O–H groups in total. The van der Waals surface area contributed by atoms with E-state index in [-0.39, 0.29) is 16.8 Å². The molecule has 0 spiro atoms. The van der Waals surface area contributed by atoms with Crippen molar-refractivity contribution in [1.29, 1.82) is 0 Å². The predicted molar refractivity (Wildman–Crippen MR) is 101 cm³/mol. The van der Waals surface area contributed by atoms with Gasteiger partial charge in [-0.15, -0.1) is 0 Å². The third-order valence-electron chi connectivity index (χ3n) is 4.72. The summed E-state index contributed by atoms with van der Waals surface area (Å²) in [7, 11) is 0. The number of hydrogen-bond acceptors (Lipinski definition) is 4. The number of aromatic nitrogens is 1. The molecule has 2 heterocycles. The molecule has 0 bridgehead atoms. The van der Waals surface area contributed by atoms with E-state index >= 15 is 0 Å². The van der Waals surface area contributed by atoms with E-state index in [0.29, 0.717) is 13.0 Å². The Kier molecular flexibility index (Phi) is 6.04. The molecular weight excluding hydrogens is 334 g/mol. The van der Waals surface area contributed by atoms with E-state index in [1.807, 2.05) is 30.5 Å². The second-order valence-electron chi connectivity index (χ2n) is 6.58. The minimum atomic E-state index is -0.00875. The normalized spacial score (nSPS) is 16.0. The van der Waals surface area contributed by atoms with Crippen molar-refractivity contribution >= 4 is 17.2 Å². The number of carbonyl (C=O) groups is 1. The monoisotopic (exact) mass is 359 g/mol. The van der Waals surface area contributed by atoms with Crippen LogP contribution in [0.3, 0.4) is 0 Å². The third-order valence-corrected chi connectivity index (χ3v) is 5.60. The quantitative estimate of drug-likeness (QED) is 0.827. The highest BCUT2D eigenvalue weighted by atomic mass is 32.1. The Labute approximate surface area is 152 Å². The molecule has 1 aliphatic rings. The number of benzene rings is 1. The first-order valence-corrected chi connectivity index (χ1v) is 9.73. The molecule has 1 unspecified atom stereocenters. The van der Waals surface area contributed by atoms with E-state index in [9.17, 15) is 9.59 Å². The van der Waals surface area contributed by atoms with E-state index in [0.717, 1.165) is 30.9 Å². The smallest absolute Gasteiger partial charge is 0.307 e. The van der Waals surface area contributed by atoms with Crippen molar-refractivity contribution in [3.05, 3.63) is 56.6 Å². The molecule has 0 saturated carbocycles. The van der Waals surface area contributed by atoms with E-state index in [2.05, 4.69) is 22.3 Å². The SMILES string of the molecule is Cc1csc(=O)n1CCC(=O)NC(CN1CCCC1)c1ccccc1. The van der Waals surface area contributed by atoms with Crippen LogP contribution in [0.15, 0.2) is 40.5 Å². The van der Waals surface area contributed by atoms with Gasteiger partial charge in [0.15, 0.2) is 0 Å². The first-order chi connectivity index (χ1) is 12.1. The Hall–Kier alpha value is -1.92. The summed E-state index contributed by atoms with van der Waals surface area (Å²) >= 11 is 1.18. The van der Waals surface area contributed by atoms with Crippen molar-refractivity contribution in [3.63, 3.8) is 0 Å². The first-order valence-electron chi connectivity index (χ1n) is 8.85. The van der Waals surface area contributed by atoms with Crippen molar-refractivity contribution in [3.8, 4) is 0 Å². The summed E-state index contributed by atoms with van der Waals surface area (Å²) in [5.41, 5.74) is 2.05. The molecule has 1 amide bonds. The van der Waals surface area contributed by atoms with Crippen molar-refractivity contribution in [1.82, 2.24) is 14.8 Å². The molecule has 1 saturated heterocycles. The Morgan fingerprint density at radius 2 is 1.96 bits per heavy atom. The molecule has 1 aromatic heterocycles. The van der Waals surface area contributed by atoms with E-state index in [4.69, 9.17) is 0 Å². The molecule has 6 heteroatoms. The molecule has 1 aromatic carbocycles. The van der Waals surface area contributed by atoms with Gasteiger partial charge in [0, 0.05) is 30.6 Å². The van der Waals surface area contributed by atoms with Gasteiger partial charge in [-0.3, -0.25) is 9.59 Å². The maximum absolute atomic E-state index is 12.5. The number of carbonyl (C=O) groups excluding carboxylic acids is 1. The minimum Gasteiger partial charge on any atom is -0.348 e. The molecule has 134 valence electrons. The van der Waals surface area contributed by atoms with E-state index in [1.54, 1.807) is 4.57 Å². The van der Waals surface area contributed by atoms with Crippen LogP contribution >= 0.6 is 11.3 Å². The number of amides is 1. The largest absolute Gasteiger partial charge is 0.348 e. The van der Waals surface area contributed by atoms with Crippen LogP contribution in [-0.4, -0.2) is 35.0 Å². The lowest BCUT2D eigenvalue weighted by Crippen LogP contribution is -2.37. The standard InChI is InChI=1S/C19H25N3O2S/c1-15-14-25-19(24)22(15)12-9-18(23)20-17(13-21-10-5-6-11-21)16-7-3-2-4-8-16/h2-4,7-8,14,17H,5-6,9-13H2,1H3,(H,20,23). The second-order valence-corrected chi connectivity index (χ2v) is 7.40. The van der Waals surface area contributed by atoms with Crippen LogP contribution in [-0.2, 0) is 11.3 Å². The maximum atomic E-state index is 12.5. The van der Waals surface area contributed by atoms with Gasteiger partial charge in [0.2, 0.25) is 5.91 Å². The lowest BCUT2D eigenvalue weighted by Gasteiger charge is -2.25. The third kappa shape index (κ3) is 4.80. The van der Waals surface area contributed by atoms with Crippen molar-refractivity contribution < 1.29 is 4.79 Å². The lowest BCUT2D eigenvalue weighted by atomic mass is 10.1. The number of likely N-dealkylation sites (tertiary alicyclic amines) is 1. The van der Waals surface area contributed by atoms with Crippen molar-refractivity contribution in [2.24, 2.45) is 0 Å². The summed E-state index contributed by atoms with van der Waals surface area (Å²) in [6, 6.07) is 10.1. The van der Waals surface area contributed by atoms with Gasteiger partial charge in [-0.05, 0) is 38.4 Å². The highest BCUT2D eigenvalue weighted by Crippen LogP contribution is 2.18. The summed E-state index contributed by atoms with van der Waals surface area (Å²) in [6.45, 7) is 5.37. The summed E-state index contributed by atoms with van der Waals surface area (Å²) in [6.07, 6.45) is 2.78. The number of nitrogens with zero attached hydrogens (tertiary/aromatic N) is 2. The number of nitrogens with one attached hydrogen (secondary N) is 1. The van der Waals surface area contributed by atoms with Gasteiger partial charge in [0.1, 0.15) is 0 Å². The van der Waals surface area contributed by atoms with Gasteiger partial charge in [0.25, 0.3) is 0 Å². The summed E-state index contributed by atoms with van der Waals surface area (Å²) in [5, 5.41) is 5.00. The molecular formula is C19H25N3O2S. The van der Waals surface area contributed by atoms with Crippen LogP contribution in [0.5, 0.6) is 0 Å². The van der Waals surface area contributed by atoms with Crippen LogP contribution in [0.25, 0.3) is 0 Å². The first kappa shape index (κ1) is 17.9. The van der Waals surface area contributed by atoms with Crippen LogP contribution in [0.2, 0.25) is 0 Å². The highest BCUT2D eigenvalue weighted by molar-refractivity contribution is 7.07. The molecule has 1 atom stereocenters. The zero-order chi connectivity index (χ0) is 17.6. The van der Waals surface area contributed by atoms with Gasteiger partial charge < -0.3 is 14.8 Å². The van der Waals surface area contributed by atoms with Crippen LogP contribution in [0.1, 0.15) is 36.6 Å². The summed E-state index contributed by atoms with van der Waals surface area (Å²) < 4.78 is 1.67. The molecule has 0 radical (unpaired) electrons. The zero-order valence-corrected chi connectivity index (χ0v) is 15.4. The number of hydrogen-bond donors (Lipinski definition) is 1.